The SMILES string of the molecule is CC=CCCC1CCC(C=CCCCCCCCC)CC1. The molecule has 1 aliphatic rings. The van der Waals surface area contributed by atoms with Crippen molar-refractivity contribution < 1.29 is 0 Å². The lowest BCUT2D eigenvalue weighted by molar-refractivity contribution is 0.297. The van der Waals surface area contributed by atoms with Crippen molar-refractivity contribution in [2.24, 2.45) is 11.8 Å². The summed E-state index contributed by atoms with van der Waals surface area (Å²) in [7, 11) is 0. The Morgan fingerprint density at radius 2 is 1.52 bits per heavy atom. The van der Waals surface area contributed by atoms with Crippen LogP contribution in [-0.4, -0.2) is 0 Å². The fourth-order valence-electron chi connectivity index (χ4n) is 3.50. The molecule has 0 bridgehead atoms. The Balaban J connectivity index is 1.98. The average Bonchev–Trinajstić information content (AvgIpc) is 2.52. The Morgan fingerprint density at radius 1 is 0.810 bits per heavy atom. The summed E-state index contributed by atoms with van der Waals surface area (Å²) < 4.78 is 0. The van der Waals surface area contributed by atoms with E-state index in [-0.39, 0.29) is 0 Å². The van der Waals surface area contributed by atoms with Gasteiger partial charge < -0.3 is 0 Å². The summed E-state index contributed by atoms with van der Waals surface area (Å²) in [5.41, 5.74) is 0. The summed E-state index contributed by atoms with van der Waals surface area (Å²) in [5.74, 6) is 1.90. The van der Waals surface area contributed by atoms with E-state index in [0.717, 1.165) is 11.8 Å². The fraction of sp³-hybridized carbons (Fsp3) is 0.810. The highest BCUT2D eigenvalue weighted by atomic mass is 14.2. The van der Waals surface area contributed by atoms with Crippen LogP contribution in [0.15, 0.2) is 24.3 Å². The van der Waals surface area contributed by atoms with Gasteiger partial charge in [0.15, 0.2) is 0 Å². The predicted molar refractivity (Wildman–Crippen MR) is 96.6 cm³/mol. The average molecular weight is 291 g/mol. The second-order valence-corrected chi connectivity index (χ2v) is 6.91. The van der Waals surface area contributed by atoms with Crippen LogP contribution < -0.4 is 0 Å². The number of unbranched alkanes of at least 4 members (excludes halogenated alkanes) is 6. The normalized spacial score (nSPS) is 23.3. The molecule has 0 amide bonds. The third kappa shape index (κ3) is 9.93. The number of hydrogen-bond acceptors (Lipinski definition) is 0. The van der Waals surface area contributed by atoms with E-state index in [4.69, 9.17) is 0 Å². The first-order valence-corrected chi connectivity index (χ1v) is 9.64. The minimum Gasteiger partial charge on any atom is -0.0917 e. The second-order valence-electron chi connectivity index (χ2n) is 6.91. The third-order valence-corrected chi connectivity index (χ3v) is 5.00. The Bertz CT molecular complexity index is 266. The minimum absolute atomic E-state index is 0.892. The molecule has 1 saturated carbocycles. The number of hydrogen-bond donors (Lipinski definition) is 0. The molecule has 122 valence electrons. The molecule has 1 rings (SSSR count). The van der Waals surface area contributed by atoms with Gasteiger partial charge in [0.2, 0.25) is 0 Å². The molecule has 0 atom stereocenters. The van der Waals surface area contributed by atoms with Gasteiger partial charge in [-0.3, -0.25) is 0 Å². The Labute approximate surface area is 134 Å². The van der Waals surface area contributed by atoms with Gasteiger partial charge in [-0.05, 0) is 70.1 Å². The molecule has 0 heteroatoms. The zero-order valence-corrected chi connectivity index (χ0v) is 14.7. The lowest BCUT2D eigenvalue weighted by Crippen LogP contribution is -2.12. The largest absolute Gasteiger partial charge is 0.0917 e. The van der Waals surface area contributed by atoms with Crippen molar-refractivity contribution >= 4 is 0 Å². The van der Waals surface area contributed by atoms with Crippen LogP contribution in [0, 0.1) is 11.8 Å². The van der Waals surface area contributed by atoms with Crippen LogP contribution in [0.3, 0.4) is 0 Å². The molecule has 0 heterocycles. The first-order valence-electron chi connectivity index (χ1n) is 9.64. The zero-order chi connectivity index (χ0) is 15.2. The van der Waals surface area contributed by atoms with Crippen molar-refractivity contribution in [1.29, 1.82) is 0 Å². The van der Waals surface area contributed by atoms with Gasteiger partial charge in [0.05, 0.1) is 0 Å². The lowest BCUT2D eigenvalue weighted by atomic mass is 9.80. The van der Waals surface area contributed by atoms with Gasteiger partial charge in [-0.1, -0.05) is 63.3 Å². The minimum atomic E-state index is 0.892. The van der Waals surface area contributed by atoms with E-state index in [9.17, 15) is 0 Å². The van der Waals surface area contributed by atoms with Crippen LogP contribution in [0.5, 0.6) is 0 Å². The molecule has 0 unspecified atom stereocenters. The van der Waals surface area contributed by atoms with Crippen LogP contribution >= 0.6 is 0 Å². The highest BCUT2D eigenvalue weighted by Gasteiger charge is 2.18. The van der Waals surface area contributed by atoms with Crippen LogP contribution in [-0.2, 0) is 0 Å². The third-order valence-electron chi connectivity index (χ3n) is 5.00. The highest BCUT2D eigenvalue weighted by Crippen LogP contribution is 2.32. The zero-order valence-electron chi connectivity index (χ0n) is 14.7. The summed E-state index contributed by atoms with van der Waals surface area (Å²) in [4.78, 5) is 0. The Morgan fingerprint density at radius 3 is 2.24 bits per heavy atom. The smallest absolute Gasteiger partial charge is 0.0233 e. The van der Waals surface area contributed by atoms with Gasteiger partial charge in [-0.15, -0.1) is 0 Å². The molecule has 0 nitrogen and oxygen atoms in total. The maximum Gasteiger partial charge on any atom is -0.0233 e. The Kier molecular flexibility index (Phi) is 11.6. The molecule has 1 aliphatic carbocycles. The summed E-state index contributed by atoms with van der Waals surface area (Å²) >= 11 is 0. The van der Waals surface area contributed by atoms with Crippen molar-refractivity contribution in [2.75, 3.05) is 0 Å². The molecule has 0 aliphatic heterocycles. The first kappa shape index (κ1) is 18.5. The maximum absolute atomic E-state index is 2.54. The summed E-state index contributed by atoms with van der Waals surface area (Å²) in [5, 5.41) is 0. The van der Waals surface area contributed by atoms with Crippen LogP contribution in [0.1, 0.15) is 97.3 Å². The highest BCUT2D eigenvalue weighted by molar-refractivity contribution is 4.91. The van der Waals surface area contributed by atoms with Gasteiger partial charge in [0, 0.05) is 0 Å². The molecule has 0 aromatic rings. The number of rotatable bonds is 11. The number of allylic oxidation sites excluding steroid dienone is 4. The van der Waals surface area contributed by atoms with Gasteiger partial charge in [-0.2, -0.15) is 0 Å². The van der Waals surface area contributed by atoms with E-state index in [1.807, 2.05) is 0 Å². The van der Waals surface area contributed by atoms with Gasteiger partial charge in [-0.25, -0.2) is 0 Å². The van der Waals surface area contributed by atoms with Crippen LogP contribution in [0.4, 0.5) is 0 Å². The predicted octanol–water partition coefficient (Wildman–Crippen LogP) is 7.46. The van der Waals surface area contributed by atoms with E-state index in [1.54, 1.807) is 0 Å². The van der Waals surface area contributed by atoms with Gasteiger partial charge >= 0.3 is 0 Å². The van der Waals surface area contributed by atoms with E-state index in [0.29, 0.717) is 0 Å². The standard InChI is InChI=1S/C21H38/c1-3-5-7-8-9-10-11-13-15-21-18-16-20(17-19-21)14-12-6-4-2/h4,6,13,15,20-21H,3,5,7-12,14,16-19H2,1-2H3. The summed E-state index contributed by atoms with van der Waals surface area (Å²) in [6.07, 6.45) is 27.9. The quantitative estimate of drug-likeness (QED) is 0.274. The molecular weight excluding hydrogens is 252 g/mol. The molecule has 0 radical (unpaired) electrons. The van der Waals surface area contributed by atoms with Crippen LogP contribution in [0.2, 0.25) is 0 Å². The summed E-state index contributed by atoms with van der Waals surface area (Å²) in [6.45, 7) is 4.42. The van der Waals surface area contributed by atoms with E-state index in [1.165, 1.54) is 83.5 Å². The lowest BCUT2D eigenvalue weighted by Gasteiger charge is -2.26. The van der Waals surface area contributed by atoms with E-state index in [2.05, 4.69) is 38.2 Å². The molecule has 0 spiro atoms. The second kappa shape index (κ2) is 13.2. The summed E-state index contributed by atoms with van der Waals surface area (Å²) in [6, 6.07) is 0. The van der Waals surface area contributed by atoms with Crippen molar-refractivity contribution in [3.63, 3.8) is 0 Å². The molecule has 1 fully saturated rings. The Hall–Kier alpha value is -0.520. The van der Waals surface area contributed by atoms with E-state index >= 15 is 0 Å². The maximum atomic E-state index is 2.54. The first-order chi connectivity index (χ1) is 10.4. The van der Waals surface area contributed by atoms with Crippen molar-refractivity contribution in [2.45, 2.75) is 97.3 Å². The monoisotopic (exact) mass is 290 g/mol. The molecule has 0 aromatic heterocycles. The van der Waals surface area contributed by atoms with Crippen LogP contribution in [0.25, 0.3) is 0 Å². The van der Waals surface area contributed by atoms with Gasteiger partial charge in [0.1, 0.15) is 0 Å². The molecule has 0 saturated heterocycles. The van der Waals surface area contributed by atoms with Crippen molar-refractivity contribution in [1.82, 2.24) is 0 Å². The molecule has 0 N–H and O–H groups in total. The van der Waals surface area contributed by atoms with E-state index < -0.39 is 0 Å². The van der Waals surface area contributed by atoms with Gasteiger partial charge in [0.25, 0.3) is 0 Å². The fourth-order valence-corrected chi connectivity index (χ4v) is 3.50. The molecule has 21 heavy (non-hydrogen) atoms. The van der Waals surface area contributed by atoms with Crippen molar-refractivity contribution in [3.05, 3.63) is 24.3 Å². The molecular formula is C21H38. The topological polar surface area (TPSA) is 0 Å². The molecule has 0 aromatic carbocycles. The van der Waals surface area contributed by atoms with Crippen molar-refractivity contribution in [3.8, 4) is 0 Å².